The minimum absolute atomic E-state index is 0.0123. The second-order valence-electron chi connectivity index (χ2n) is 8.74. The van der Waals surface area contributed by atoms with Crippen molar-refractivity contribution in [3.63, 3.8) is 0 Å². The Bertz CT molecular complexity index is 1140. The van der Waals surface area contributed by atoms with E-state index in [9.17, 15) is 9.59 Å². The summed E-state index contributed by atoms with van der Waals surface area (Å²) in [4.78, 5) is 27.8. The standard InChI is InChI=1S/C29H32N2O5/c32-15-4-16-36-28-12-11-25(20-26(28)30-29(34)21-31-13-17-35-18-14-31)27(33)19-22-7-9-24(10-8-22)23-5-2-1-3-6-23/h1-3,5-12,20,32H,4,13-19,21H2,(H,30,34). The van der Waals surface area contributed by atoms with Crippen LogP contribution in [-0.2, 0) is 16.0 Å². The van der Waals surface area contributed by atoms with E-state index in [1.165, 1.54) is 0 Å². The van der Waals surface area contributed by atoms with Gasteiger partial charge in [-0.1, -0.05) is 54.6 Å². The average Bonchev–Trinajstić information content (AvgIpc) is 2.91. The zero-order chi connectivity index (χ0) is 25.2. The van der Waals surface area contributed by atoms with Crippen molar-refractivity contribution >= 4 is 17.4 Å². The van der Waals surface area contributed by atoms with Crippen molar-refractivity contribution in [2.45, 2.75) is 12.8 Å². The van der Waals surface area contributed by atoms with Crippen LogP contribution in [0, 0.1) is 0 Å². The first-order valence-corrected chi connectivity index (χ1v) is 12.3. The van der Waals surface area contributed by atoms with Crippen molar-refractivity contribution in [3.05, 3.63) is 83.9 Å². The number of benzene rings is 3. The minimum atomic E-state index is -0.176. The first kappa shape index (κ1) is 25.6. The zero-order valence-corrected chi connectivity index (χ0v) is 20.3. The van der Waals surface area contributed by atoms with Crippen LogP contribution in [0.4, 0.5) is 5.69 Å². The summed E-state index contributed by atoms with van der Waals surface area (Å²) in [5.41, 5.74) is 4.10. The first-order valence-electron chi connectivity index (χ1n) is 12.3. The Labute approximate surface area is 211 Å². The predicted molar refractivity (Wildman–Crippen MR) is 139 cm³/mol. The third kappa shape index (κ3) is 7.24. The van der Waals surface area contributed by atoms with Gasteiger partial charge in [0.2, 0.25) is 5.91 Å². The van der Waals surface area contributed by atoms with Gasteiger partial charge in [-0.25, -0.2) is 0 Å². The molecule has 4 rings (SSSR count). The van der Waals surface area contributed by atoms with E-state index < -0.39 is 0 Å². The van der Waals surface area contributed by atoms with Crippen LogP contribution in [0.1, 0.15) is 22.3 Å². The number of anilines is 1. The zero-order valence-electron chi connectivity index (χ0n) is 20.3. The van der Waals surface area contributed by atoms with E-state index >= 15 is 0 Å². The Morgan fingerprint density at radius 3 is 2.39 bits per heavy atom. The number of amides is 1. The Balaban J connectivity index is 1.45. The van der Waals surface area contributed by atoms with Crippen molar-refractivity contribution in [2.24, 2.45) is 0 Å². The topological polar surface area (TPSA) is 88.1 Å². The lowest BCUT2D eigenvalue weighted by Gasteiger charge is -2.26. The van der Waals surface area contributed by atoms with E-state index in [0.717, 1.165) is 16.7 Å². The number of carbonyl (C=O) groups excluding carboxylic acids is 2. The molecule has 0 aliphatic carbocycles. The number of nitrogens with zero attached hydrogens (tertiary/aromatic N) is 1. The number of hydrogen-bond acceptors (Lipinski definition) is 6. The molecule has 188 valence electrons. The number of morpholine rings is 1. The molecule has 1 amide bonds. The lowest BCUT2D eigenvalue weighted by atomic mass is 9.99. The molecule has 1 heterocycles. The smallest absolute Gasteiger partial charge is 0.238 e. The van der Waals surface area contributed by atoms with E-state index in [2.05, 4.69) is 17.4 Å². The number of aliphatic hydroxyl groups excluding tert-OH is 1. The number of aliphatic hydroxyl groups is 1. The van der Waals surface area contributed by atoms with E-state index in [-0.39, 0.29) is 31.3 Å². The van der Waals surface area contributed by atoms with Gasteiger partial charge >= 0.3 is 0 Å². The molecule has 1 aliphatic heterocycles. The molecule has 0 bridgehead atoms. The number of nitrogens with one attached hydrogen (secondary N) is 1. The Kier molecular flexibility index (Phi) is 9.21. The summed E-state index contributed by atoms with van der Waals surface area (Å²) in [6.07, 6.45) is 0.724. The number of rotatable bonds is 11. The summed E-state index contributed by atoms with van der Waals surface area (Å²) in [7, 11) is 0. The van der Waals surface area contributed by atoms with Gasteiger partial charge in [-0.05, 0) is 34.9 Å². The van der Waals surface area contributed by atoms with Gasteiger partial charge in [0.1, 0.15) is 5.75 Å². The molecule has 0 unspecified atom stereocenters. The lowest BCUT2D eigenvalue weighted by molar-refractivity contribution is -0.118. The normalized spacial score (nSPS) is 13.8. The van der Waals surface area contributed by atoms with Gasteiger partial charge in [0, 0.05) is 38.1 Å². The summed E-state index contributed by atoms with van der Waals surface area (Å²) >= 11 is 0. The molecule has 1 aliphatic rings. The van der Waals surface area contributed by atoms with E-state index in [0.29, 0.717) is 56.3 Å². The van der Waals surface area contributed by atoms with Crippen molar-refractivity contribution in [1.82, 2.24) is 4.90 Å². The maximum Gasteiger partial charge on any atom is 0.238 e. The molecule has 36 heavy (non-hydrogen) atoms. The Hall–Kier alpha value is -3.52. The summed E-state index contributed by atoms with van der Waals surface area (Å²) in [5, 5.41) is 12.0. The SMILES string of the molecule is O=C(CN1CCOCC1)Nc1cc(C(=O)Cc2ccc(-c3ccccc3)cc2)ccc1OCCCO. The number of Topliss-reactive ketones (excluding diaryl/α,β-unsaturated/α-hetero) is 1. The fourth-order valence-corrected chi connectivity index (χ4v) is 4.06. The van der Waals surface area contributed by atoms with Crippen molar-refractivity contribution in [1.29, 1.82) is 0 Å². The van der Waals surface area contributed by atoms with Crippen LogP contribution in [0.5, 0.6) is 5.75 Å². The summed E-state index contributed by atoms with van der Waals surface area (Å²) in [6.45, 7) is 3.19. The highest BCUT2D eigenvalue weighted by Crippen LogP contribution is 2.27. The molecule has 3 aromatic rings. The lowest BCUT2D eigenvalue weighted by Crippen LogP contribution is -2.41. The van der Waals surface area contributed by atoms with Crippen LogP contribution in [0.15, 0.2) is 72.8 Å². The van der Waals surface area contributed by atoms with E-state index in [4.69, 9.17) is 14.6 Å². The highest BCUT2D eigenvalue weighted by molar-refractivity contribution is 6.00. The fourth-order valence-electron chi connectivity index (χ4n) is 4.06. The van der Waals surface area contributed by atoms with Crippen molar-refractivity contribution in [3.8, 4) is 16.9 Å². The number of hydrogen-bond donors (Lipinski definition) is 2. The third-order valence-corrected chi connectivity index (χ3v) is 6.03. The van der Waals surface area contributed by atoms with Crippen LogP contribution >= 0.6 is 0 Å². The highest BCUT2D eigenvalue weighted by Gasteiger charge is 2.17. The summed E-state index contributed by atoms with van der Waals surface area (Å²) < 4.78 is 11.1. The maximum atomic E-state index is 13.1. The molecule has 7 nitrogen and oxygen atoms in total. The molecule has 2 N–H and O–H groups in total. The van der Waals surface area contributed by atoms with Gasteiger partial charge in [0.05, 0.1) is 32.1 Å². The van der Waals surface area contributed by atoms with Crippen LogP contribution in [0.3, 0.4) is 0 Å². The number of carbonyl (C=O) groups is 2. The van der Waals surface area contributed by atoms with E-state index in [1.807, 2.05) is 47.4 Å². The molecule has 1 fully saturated rings. The molecule has 0 spiro atoms. The summed E-state index contributed by atoms with van der Waals surface area (Å²) in [5.74, 6) is 0.251. The van der Waals surface area contributed by atoms with Gasteiger partial charge in [0.25, 0.3) is 0 Å². The van der Waals surface area contributed by atoms with Gasteiger partial charge in [-0.15, -0.1) is 0 Å². The third-order valence-electron chi connectivity index (χ3n) is 6.03. The van der Waals surface area contributed by atoms with E-state index in [1.54, 1.807) is 18.2 Å². The van der Waals surface area contributed by atoms with Crippen LogP contribution < -0.4 is 10.1 Å². The monoisotopic (exact) mass is 488 g/mol. The minimum Gasteiger partial charge on any atom is -0.491 e. The predicted octanol–water partition coefficient (Wildman–Crippen LogP) is 3.81. The van der Waals surface area contributed by atoms with Crippen molar-refractivity contribution < 1.29 is 24.2 Å². The van der Waals surface area contributed by atoms with Gasteiger partial charge in [-0.2, -0.15) is 0 Å². The van der Waals surface area contributed by atoms with Crippen LogP contribution in [0.25, 0.3) is 11.1 Å². The van der Waals surface area contributed by atoms with Gasteiger partial charge < -0.3 is 19.9 Å². The maximum absolute atomic E-state index is 13.1. The molecular formula is C29H32N2O5. The quantitative estimate of drug-likeness (QED) is 0.315. The van der Waals surface area contributed by atoms with Crippen molar-refractivity contribution in [2.75, 3.05) is 51.4 Å². The molecule has 0 saturated carbocycles. The van der Waals surface area contributed by atoms with Crippen LogP contribution in [-0.4, -0.2) is 67.8 Å². The van der Waals surface area contributed by atoms with Gasteiger partial charge in [-0.3, -0.25) is 14.5 Å². The summed E-state index contributed by atoms with van der Waals surface area (Å²) in [6, 6.07) is 23.2. The first-order chi connectivity index (χ1) is 17.6. The number of ketones is 1. The molecular weight excluding hydrogens is 456 g/mol. The van der Waals surface area contributed by atoms with Gasteiger partial charge in [0.15, 0.2) is 5.78 Å². The number of ether oxygens (including phenoxy) is 2. The second kappa shape index (κ2) is 13.0. The molecule has 1 saturated heterocycles. The molecule has 0 atom stereocenters. The second-order valence-corrected chi connectivity index (χ2v) is 8.74. The Morgan fingerprint density at radius 2 is 1.67 bits per heavy atom. The average molecular weight is 489 g/mol. The van der Waals surface area contributed by atoms with Crippen LogP contribution in [0.2, 0.25) is 0 Å². The molecule has 0 aromatic heterocycles. The largest absolute Gasteiger partial charge is 0.491 e. The molecule has 0 radical (unpaired) electrons. The highest BCUT2D eigenvalue weighted by atomic mass is 16.5. The fraction of sp³-hybridized carbons (Fsp3) is 0.310. The Morgan fingerprint density at radius 1 is 0.944 bits per heavy atom. The molecule has 7 heteroatoms. The molecule has 3 aromatic carbocycles.